The number of halogens is 1. The predicted octanol–water partition coefficient (Wildman–Crippen LogP) is 3.07. The molecule has 1 atom stereocenters. The molecule has 17 heavy (non-hydrogen) atoms. The van der Waals surface area contributed by atoms with Gasteiger partial charge in [0.2, 0.25) is 0 Å². The second-order valence-electron chi connectivity index (χ2n) is 3.79. The van der Waals surface area contributed by atoms with Crippen LogP contribution >= 0.6 is 0 Å². The smallest absolute Gasteiger partial charge is 0.123 e. The zero-order valence-electron chi connectivity index (χ0n) is 9.18. The van der Waals surface area contributed by atoms with Crippen LogP contribution in [0.25, 0.3) is 0 Å². The molecule has 2 rings (SSSR count). The minimum Gasteiger partial charge on any atom is -0.265 e. The van der Waals surface area contributed by atoms with Crippen LogP contribution in [-0.2, 0) is 6.42 Å². The summed E-state index contributed by atoms with van der Waals surface area (Å²) in [4.78, 5) is 3.93. The molecule has 0 bridgehead atoms. The fraction of sp³-hybridized carbons (Fsp3) is 0.143. The summed E-state index contributed by atoms with van der Waals surface area (Å²) >= 11 is 0. The van der Waals surface area contributed by atoms with Crippen molar-refractivity contribution in [2.45, 2.75) is 12.3 Å². The Balaban J connectivity index is 2.18. The molecule has 1 unspecified atom stereocenters. The van der Waals surface area contributed by atoms with Gasteiger partial charge < -0.3 is 0 Å². The van der Waals surface area contributed by atoms with E-state index in [0.29, 0.717) is 6.42 Å². The molecule has 1 aromatic heterocycles. The van der Waals surface area contributed by atoms with Gasteiger partial charge in [0.25, 0.3) is 0 Å². The van der Waals surface area contributed by atoms with Gasteiger partial charge in [-0.1, -0.05) is 12.1 Å². The Morgan fingerprint density at radius 2 is 1.76 bits per heavy atom. The molecule has 1 heterocycles. The first-order valence-corrected chi connectivity index (χ1v) is 5.33. The molecule has 3 heteroatoms. The number of aromatic nitrogens is 1. The molecule has 0 N–H and O–H groups in total. The highest BCUT2D eigenvalue weighted by molar-refractivity contribution is 5.28. The van der Waals surface area contributed by atoms with Crippen molar-refractivity contribution in [1.29, 1.82) is 5.26 Å². The third-order valence-corrected chi connectivity index (χ3v) is 2.62. The van der Waals surface area contributed by atoms with E-state index in [2.05, 4.69) is 11.1 Å². The van der Waals surface area contributed by atoms with E-state index in [4.69, 9.17) is 5.26 Å². The van der Waals surface area contributed by atoms with Crippen molar-refractivity contribution in [3.63, 3.8) is 0 Å². The Bertz CT molecular complexity index is 514. The standard InChI is InChI=1S/C14H11FN2/c15-14-3-1-12(2-4-14)13(10-16)9-11-5-7-17-8-6-11/h1-8,13H,9H2. The summed E-state index contributed by atoms with van der Waals surface area (Å²) in [5.74, 6) is -0.535. The van der Waals surface area contributed by atoms with Crippen LogP contribution < -0.4 is 0 Å². The number of pyridine rings is 1. The van der Waals surface area contributed by atoms with Gasteiger partial charge >= 0.3 is 0 Å². The highest BCUT2D eigenvalue weighted by Gasteiger charge is 2.11. The first-order valence-electron chi connectivity index (χ1n) is 5.33. The van der Waals surface area contributed by atoms with Crippen LogP contribution in [0, 0.1) is 17.1 Å². The normalized spacial score (nSPS) is 11.8. The van der Waals surface area contributed by atoms with Gasteiger partial charge in [0.15, 0.2) is 0 Å². The minimum atomic E-state index is -0.283. The molecule has 0 aliphatic rings. The van der Waals surface area contributed by atoms with E-state index in [1.54, 1.807) is 24.5 Å². The molecule has 0 aliphatic carbocycles. The summed E-state index contributed by atoms with van der Waals surface area (Å²) in [6, 6.07) is 12.1. The zero-order chi connectivity index (χ0) is 12.1. The van der Waals surface area contributed by atoms with Crippen molar-refractivity contribution in [2.24, 2.45) is 0 Å². The second kappa shape index (κ2) is 5.22. The molecule has 0 aliphatic heterocycles. The van der Waals surface area contributed by atoms with Gasteiger partial charge in [0.05, 0.1) is 12.0 Å². The van der Waals surface area contributed by atoms with Crippen LogP contribution in [0.4, 0.5) is 4.39 Å². The molecule has 0 fully saturated rings. The Labute approximate surface area is 99.4 Å². The van der Waals surface area contributed by atoms with Gasteiger partial charge in [-0.05, 0) is 41.8 Å². The first kappa shape index (κ1) is 11.3. The maximum Gasteiger partial charge on any atom is 0.123 e. The second-order valence-corrected chi connectivity index (χ2v) is 3.79. The van der Waals surface area contributed by atoms with Crippen molar-refractivity contribution < 1.29 is 4.39 Å². The number of rotatable bonds is 3. The molecule has 0 spiro atoms. The van der Waals surface area contributed by atoms with E-state index in [-0.39, 0.29) is 11.7 Å². The van der Waals surface area contributed by atoms with Gasteiger partial charge in [-0.2, -0.15) is 5.26 Å². The lowest BCUT2D eigenvalue weighted by atomic mass is 9.94. The van der Waals surface area contributed by atoms with Crippen molar-refractivity contribution in [2.75, 3.05) is 0 Å². The molecular weight excluding hydrogens is 215 g/mol. The molecule has 2 nitrogen and oxygen atoms in total. The van der Waals surface area contributed by atoms with E-state index < -0.39 is 0 Å². The van der Waals surface area contributed by atoms with Crippen LogP contribution in [-0.4, -0.2) is 4.98 Å². The predicted molar refractivity (Wildman–Crippen MR) is 62.7 cm³/mol. The van der Waals surface area contributed by atoms with E-state index in [9.17, 15) is 4.39 Å². The number of hydrogen-bond acceptors (Lipinski definition) is 2. The van der Waals surface area contributed by atoms with Crippen LogP contribution in [0.2, 0.25) is 0 Å². The van der Waals surface area contributed by atoms with E-state index >= 15 is 0 Å². The number of nitriles is 1. The number of benzene rings is 1. The maximum absolute atomic E-state index is 12.8. The summed E-state index contributed by atoms with van der Waals surface area (Å²) in [6.07, 6.45) is 4.02. The molecule has 0 amide bonds. The van der Waals surface area contributed by atoms with Crippen molar-refractivity contribution >= 4 is 0 Å². The Hall–Kier alpha value is -2.21. The van der Waals surface area contributed by atoms with Crippen molar-refractivity contribution in [1.82, 2.24) is 4.98 Å². The average Bonchev–Trinajstić information content (AvgIpc) is 2.38. The van der Waals surface area contributed by atoms with Gasteiger partial charge in [-0.25, -0.2) is 4.39 Å². The topological polar surface area (TPSA) is 36.7 Å². The van der Waals surface area contributed by atoms with Crippen LogP contribution in [0.15, 0.2) is 48.8 Å². The Kier molecular flexibility index (Phi) is 3.46. The SMILES string of the molecule is N#CC(Cc1ccncc1)c1ccc(F)cc1. The fourth-order valence-corrected chi connectivity index (χ4v) is 1.69. The Morgan fingerprint density at radius 3 is 2.35 bits per heavy atom. The molecule has 0 saturated heterocycles. The maximum atomic E-state index is 12.8. The van der Waals surface area contributed by atoms with Crippen molar-refractivity contribution in [3.05, 3.63) is 65.7 Å². The molecule has 1 aromatic carbocycles. The first-order chi connectivity index (χ1) is 8.29. The largest absolute Gasteiger partial charge is 0.265 e. The summed E-state index contributed by atoms with van der Waals surface area (Å²) in [7, 11) is 0. The quantitative estimate of drug-likeness (QED) is 0.806. The summed E-state index contributed by atoms with van der Waals surface area (Å²) in [5, 5.41) is 9.15. The monoisotopic (exact) mass is 226 g/mol. The molecule has 2 aromatic rings. The Morgan fingerprint density at radius 1 is 1.12 bits per heavy atom. The van der Waals surface area contributed by atoms with Gasteiger partial charge in [0, 0.05) is 12.4 Å². The van der Waals surface area contributed by atoms with Gasteiger partial charge in [-0.15, -0.1) is 0 Å². The molecule has 0 radical (unpaired) electrons. The summed E-state index contributed by atoms with van der Waals surface area (Å²) in [5.41, 5.74) is 1.89. The van der Waals surface area contributed by atoms with Crippen molar-refractivity contribution in [3.8, 4) is 6.07 Å². The fourth-order valence-electron chi connectivity index (χ4n) is 1.69. The zero-order valence-corrected chi connectivity index (χ0v) is 9.18. The van der Waals surface area contributed by atoms with E-state index in [1.165, 1.54) is 12.1 Å². The van der Waals surface area contributed by atoms with E-state index in [1.807, 2.05) is 12.1 Å². The molecule has 0 saturated carbocycles. The van der Waals surface area contributed by atoms with E-state index in [0.717, 1.165) is 11.1 Å². The minimum absolute atomic E-state index is 0.252. The van der Waals surface area contributed by atoms with Crippen LogP contribution in [0.1, 0.15) is 17.0 Å². The number of hydrogen-bond donors (Lipinski definition) is 0. The van der Waals surface area contributed by atoms with Crippen LogP contribution in [0.5, 0.6) is 0 Å². The third kappa shape index (κ3) is 2.88. The third-order valence-electron chi connectivity index (χ3n) is 2.62. The summed E-state index contributed by atoms with van der Waals surface area (Å²) < 4.78 is 12.8. The van der Waals surface area contributed by atoms with Crippen LogP contribution in [0.3, 0.4) is 0 Å². The number of nitrogens with zero attached hydrogens (tertiary/aromatic N) is 2. The van der Waals surface area contributed by atoms with Gasteiger partial charge in [0.1, 0.15) is 5.82 Å². The highest BCUT2D eigenvalue weighted by atomic mass is 19.1. The summed E-state index contributed by atoms with van der Waals surface area (Å²) in [6.45, 7) is 0. The lowest BCUT2D eigenvalue weighted by molar-refractivity contribution is 0.626. The average molecular weight is 226 g/mol. The lowest BCUT2D eigenvalue weighted by Gasteiger charge is -2.09. The molecular formula is C14H11FN2. The lowest BCUT2D eigenvalue weighted by Crippen LogP contribution is -2.00. The molecule has 84 valence electrons. The van der Waals surface area contributed by atoms with Gasteiger partial charge in [-0.3, -0.25) is 4.98 Å². The highest BCUT2D eigenvalue weighted by Crippen LogP contribution is 2.20.